The monoisotopic (exact) mass is 481 g/mol. The summed E-state index contributed by atoms with van der Waals surface area (Å²) in [5.41, 5.74) is 4.51. The van der Waals surface area contributed by atoms with Crippen molar-refractivity contribution < 1.29 is 18.7 Å². The van der Waals surface area contributed by atoms with Gasteiger partial charge in [-0.15, -0.1) is 5.10 Å². The van der Waals surface area contributed by atoms with Crippen molar-refractivity contribution in [3.05, 3.63) is 70.8 Å². The lowest BCUT2D eigenvalue weighted by molar-refractivity contribution is 0.132. The van der Waals surface area contributed by atoms with Crippen LogP contribution in [0.15, 0.2) is 48.5 Å². The van der Waals surface area contributed by atoms with E-state index in [2.05, 4.69) is 15.7 Å². The second-order valence-corrected chi connectivity index (χ2v) is 8.92. The zero-order chi connectivity index (χ0) is 24.9. The highest BCUT2D eigenvalue weighted by molar-refractivity contribution is 5.89. The van der Waals surface area contributed by atoms with E-state index < -0.39 is 12.3 Å². The van der Waals surface area contributed by atoms with Gasteiger partial charge >= 0.3 is 6.03 Å². The van der Waals surface area contributed by atoms with E-state index in [9.17, 15) is 9.18 Å². The topological polar surface area (TPSA) is 80.7 Å². The standard InChI is InChI=1S/C26H32FN5O3/c1-17-10-11-19(16-34-4)12-20(17)13-28-26(33)29-24-18(2)25(35-23-15-31(3)14-22(23)27)30-32(24)21-8-6-5-7-9-21/h5-12,22-23H,13-16H2,1-4H3,(H2,28,29,33)/t22-,23+/m1/s1. The maximum Gasteiger partial charge on any atom is 0.320 e. The van der Waals surface area contributed by atoms with Crippen LogP contribution in [0.5, 0.6) is 5.88 Å². The molecular weight excluding hydrogens is 449 g/mol. The van der Waals surface area contributed by atoms with Gasteiger partial charge in [-0.05, 0) is 49.7 Å². The van der Waals surface area contributed by atoms with Crippen LogP contribution in [0.4, 0.5) is 15.0 Å². The van der Waals surface area contributed by atoms with Gasteiger partial charge in [0, 0.05) is 26.7 Å². The number of aromatic nitrogens is 2. The molecule has 0 bridgehead atoms. The third-order valence-electron chi connectivity index (χ3n) is 6.12. The molecule has 2 atom stereocenters. The van der Waals surface area contributed by atoms with Crippen molar-refractivity contribution in [2.24, 2.45) is 0 Å². The third kappa shape index (κ3) is 5.80. The molecule has 2 aromatic carbocycles. The van der Waals surface area contributed by atoms with Crippen LogP contribution in [0.25, 0.3) is 5.69 Å². The summed E-state index contributed by atoms with van der Waals surface area (Å²) in [7, 11) is 3.51. The van der Waals surface area contributed by atoms with Crippen LogP contribution < -0.4 is 15.4 Å². The molecular formula is C26H32FN5O3. The number of methoxy groups -OCH3 is 1. The van der Waals surface area contributed by atoms with Crippen molar-refractivity contribution in [1.29, 1.82) is 0 Å². The number of hydrogen-bond acceptors (Lipinski definition) is 5. The van der Waals surface area contributed by atoms with Gasteiger partial charge in [0.1, 0.15) is 11.9 Å². The fraction of sp³-hybridized carbons (Fsp3) is 0.385. The average molecular weight is 482 g/mol. The first kappa shape index (κ1) is 24.7. The molecule has 0 aliphatic carbocycles. The number of urea groups is 1. The Labute approximate surface area is 205 Å². The Morgan fingerprint density at radius 2 is 1.94 bits per heavy atom. The van der Waals surface area contributed by atoms with Crippen LogP contribution in [0.2, 0.25) is 0 Å². The van der Waals surface area contributed by atoms with Crippen LogP contribution in [-0.4, -0.2) is 60.2 Å². The average Bonchev–Trinajstić information content (AvgIpc) is 3.32. The minimum atomic E-state index is -1.10. The number of amides is 2. The quantitative estimate of drug-likeness (QED) is 0.509. The normalized spacial score (nSPS) is 18.0. The Morgan fingerprint density at radius 1 is 1.17 bits per heavy atom. The summed E-state index contributed by atoms with van der Waals surface area (Å²) in [5, 5.41) is 10.4. The molecule has 4 rings (SSSR count). The first-order valence-electron chi connectivity index (χ1n) is 11.6. The van der Waals surface area contributed by atoms with Crippen LogP contribution in [-0.2, 0) is 17.9 Å². The van der Waals surface area contributed by atoms with Crippen molar-refractivity contribution in [2.45, 2.75) is 39.3 Å². The molecule has 2 heterocycles. The molecule has 0 radical (unpaired) electrons. The molecule has 0 unspecified atom stereocenters. The first-order valence-corrected chi connectivity index (χ1v) is 11.6. The number of alkyl halides is 1. The van der Waals surface area contributed by atoms with Crippen LogP contribution in [0.3, 0.4) is 0 Å². The van der Waals surface area contributed by atoms with E-state index in [1.54, 1.807) is 11.8 Å². The predicted octanol–water partition coefficient (Wildman–Crippen LogP) is 3.99. The maximum atomic E-state index is 14.4. The van der Waals surface area contributed by atoms with Crippen molar-refractivity contribution in [2.75, 3.05) is 32.6 Å². The minimum absolute atomic E-state index is 0.301. The SMILES string of the molecule is COCc1ccc(C)c(CNC(=O)Nc2c(C)c(O[C@H]3CN(C)C[C@H]3F)nn2-c2ccccc2)c1. The molecule has 9 heteroatoms. The highest BCUT2D eigenvalue weighted by Crippen LogP contribution is 2.30. The largest absolute Gasteiger partial charge is 0.469 e. The molecule has 186 valence electrons. The number of para-hydroxylation sites is 1. The Balaban J connectivity index is 1.53. The number of nitrogens with one attached hydrogen (secondary N) is 2. The van der Waals surface area contributed by atoms with E-state index in [1.165, 1.54) is 0 Å². The second kappa shape index (κ2) is 10.9. The fourth-order valence-electron chi connectivity index (χ4n) is 4.16. The number of benzene rings is 2. The number of rotatable bonds is 8. The molecule has 0 spiro atoms. The number of halogens is 1. The second-order valence-electron chi connectivity index (χ2n) is 8.92. The van der Waals surface area contributed by atoms with E-state index in [1.807, 2.05) is 74.3 Å². The number of aryl methyl sites for hydroxylation is 1. The van der Waals surface area contributed by atoms with Crippen LogP contribution >= 0.6 is 0 Å². The smallest absolute Gasteiger partial charge is 0.320 e. The molecule has 1 aliphatic heterocycles. The van der Waals surface area contributed by atoms with Gasteiger partial charge in [-0.3, -0.25) is 10.2 Å². The molecule has 35 heavy (non-hydrogen) atoms. The fourth-order valence-corrected chi connectivity index (χ4v) is 4.16. The number of ether oxygens (including phenoxy) is 2. The van der Waals surface area contributed by atoms with Gasteiger partial charge in [-0.2, -0.15) is 0 Å². The highest BCUT2D eigenvalue weighted by atomic mass is 19.1. The lowest BCUT2D eigenvalue weighted by atomic mass is 10.1. The molecule has 0 saturated carbocycles. The number of carbonyl (C=O) groups is 1. The van der Waals surface area contributed by atoms with Crippen molar-refractivity contribution in [3.63, 3.8) is 0 Å². The molecule has 1 aliphatic rings. The molecule has 1 aromatic heterocycles. The minimum Gasteiger partial charge on any atom is -0.469 e. The molecule has 1 fully saturated rings. The van der Waals surface area contributed by atoms with Gasteiger partial charge in [-0.25, -0.2) is 13.9 Å². The summed E-state index contributed by atoms with van der Waals surface area (Å²) >= 11 is 0. The lowest BCUT2D eigenvalue weighted by Gasteiger charge is -2.14. The maximum absolute atomic E-state index is 14.4. The Bertz CT molecular complexity index is 1170. The summed E-state index contributed by atoms with van der Waals surface area (Å²) < 4.78 is 27.2. The number of likely N-dealkylation sites (tertiary alicyclic amines) is 1. The summed E-state index contributed by atoms with van der Waals surface area (Å²) in [6.45, 7) is 5.47. The summed E-state index contributed by atoms with van der Waals surface area (Å²) in [5.74, 6) is 0.769. The van der Waals surface area contributed by atoms with Gasteiger partial charge < -0.3 is 14.8 Å². The first-order chi connectivity index (χ1) is 16.9. The summed E-state index contributed by atoms with van der Waals surface area (Å²) in [4.78, 5) is 14.8. The zero-order valence-corrected chi connectivity index (χ0v) is 20.5. The molecule has 2 amide bonds. The number of nitrogens with zero attached hydrogens (tertiary/aromatic N) is 3. The van der Waals surface area contributed by atoms with E-state index in [0.29, 0.717) is 43.5 Å². The Hall–Kier alpha value is -3.43. The number of hydrogen-bond donors (Lipinski definition) is 2. The Morgan fingerprint density at radius 3 is 2.63 bits per heavy atom. The van der Waals surface area contributed by atoms with E-state index in [0.717, 1.165) is 22.4 Å². The Kier molecular flexibility index (Phi) is 7.67. The van der Waals surface area contributed by atoms with Gasteiger partial charge in [0.05, 0.1) is 17.9 Å². The van der Waals surface area contributed by atoms with Crippen LogP contribution in [0.1, 0.15) is 22.3 Å². The third-order valence-corrected chi connectivity index (χ3v) is 6.12. The van der Waals surface area contributed by atoms with Crippen molar-refractivity contribution in [1.82, 2.24) is 20.0 Å². The molecule has 8 nitrogen and oxygen atoms in total. The van der Waals surface area contributed by atoms with Crippen LogP contribution in [0, 0.1) is 13.8 Å². The van der Waals surface area contributed by atoms with Gasteiger partial charge in [0.15, 0.2) is 6.17 Å². The molecule has 1 saturated heterocycles. The number of likely N-dealkylation sites (N-methyl/N-ethyl adjacent to an activating group) is 1. The zero-order valence-electron chi connectivity index (χ0n) is 20.5. The summed E-state index contributed by atoms with van der Waals surface area (Å²) in [6.07, 6.45) is -1.71. The highest BCUT2D eigenvalue weighted by Gasteiger charge is 2.34. The van der Waals surface area contributed by atoms with Crippen molar-refractivity contribution >= 4 is 11.8 Å². The summed E-state index contributed by atoms with van der Waals surface area (Å²) in [6, 6.07) is 15.1. The van der Waals surface area contributed by atoms with Crippen molar-refractivity contribution in [3.8, 4) is 11.6 Å². The predicted molar refractivity (Wildman–Crippen MR) is 133 cm³/mol. The van der Waals surface area contributed by atoms with E-state index >= 15 is 0 Å². The van der Waals surface area contributed by atoms with Gasteiger partial charge in [-0.1, -0.05) is 36.4 Å². The van der Waals surface area contributed by atoms with Gasteiger partial charge in [0.2, 0.25) is 5.88 Å². The lowest BCUT2D eigenvalue weighted by Crippen LogP contribution is -2.29. The number of carbonyl (C=O) groups excluding carboxylic acids is 1. The molecule has 2 N–H and O–H groups in total. The van der Waals surface area contributed by atoms with Gasteiger partial charge in [0.25, 0.3) is 0 Å². The number of anilines is 1. The van der Waals surface area contributed by atoms with E-state index in [-0.39, 0.29) is 6.03 Å². The van der Waals surface area contributed by atoms with E-state index in [4.69, 9.17) is 9.47 Å². The molecule has 3 aromatic rings.